The Bertz CT molecular complexity index is 1040. The average molecular weight is 430 g/mol. The third-order valence-corrected chi connectivity index (χ3v) is 7.68. The van der Waals surface area contributed by atoms with Crippen LogP contribution in [-0.4, -0.2) is 36.6 Å². The van der Waals surface area contributed by atoms with E-state index in [0.29, 0.717) is 11.3 Å². The first-order valence-electron chi connectivity index (χ1n) is 11.6. The van der Waals surface area contributed by atoms with Crippen LogP contribution in [0.4, 0.5) is 0 Å². The summed E-state index contributed by atoms with van der Waals surface area (Å²) in [7, 11) is 0. The van der Waals surface area contributed by atoms with Crippen LogP contribution < -0.4 is 0 Å². The van der Waals surface area contributed by atoms with E-state index >= 15 is 0 Å². The van der Waals surface area contributed by atoms with Gasteiger partial charge in [0.2, 0.25) is 6.17 Å². The number of amides is 1. The Labute approximate surface area is 187 Å². The number of hydrogen-bond acceptors (Lipinski definition) is 6. The Morgan fingerprint density at radius 1 is 0.906 bits per heavy atom. The third kappa shape index (κ3) is 3.54. The number of likely N-dealkylation sites (tertiary alicyclic amines) is 1. The zero-order valence-electron chi connectivity index (χ0n) is 18.1. The second-order valence-corrected chi connectivity index (χ2v) is 9.47. The number of rotatable bonds is 4. The van der Waals surface area contributed by atoms with Gasteiger partial charge >= 0.3 is 0 Å². The van der Waals surface area contributed by atoms with Crippen molar-refractivity contribution in [2.75, 3.05) is 19.7 Å². The fourth-order valence-electron chi connectivity index (χ4n) is 5.58. The highest BCUT2D eigenvalue weighted by molar-refractivity contribution is 5.81. The van der Waals surface area contributed by atoms with Gasteiger partial charge in [0, 0.05) is 25.3 Å². The molecule has 0 bridgehead atoms. The molecule has 0 aromatic heterocycles. The fraction of sp³-hybridized carbons (Fsp3) is 0.480. The molecular weight excluding hydrogens is 402 g/mol. The Kier molecular flexibility index (Phi) is 4.86. The van der Waals surface area contributed by atoms with Gasteiger partial charge in [0.15, 0.2) is 0 Å². The standard InChI is InChI=1S/C25H27N5O2/c31-24(22-2-1-15-32-22)30-13-11-25(12-14-30)16-21(25)19-7-3-17(4-8-19)18-5-9-20(10-6-18)23-26-28-29-27-23/h3-10,21-23H,1-2,11-16H2/t21?,22-/m1/s1. The van der Waals surface area contributed by atoms with E-state index in [0.717, 1.165) is 50.9 Å². The van der Waals surface area contributed by atoms with Crippen LogP contribution >= 0.6 is 0 Å². The topological polar surface area (TPSA) is 79.0 Å². The molecule has 164 valence electrons. The first-order valence-corrected chi connectivity index (χ1v) is 11.6. The smallest absolute Gasteiger partial charge is 0.251 e. The second kappa shape index (κ2) is 7.89. The summed E-state index contributed by atoms with van der Waals surface area (Å²) in [5, 5.41) is 15.1. The number of benzene rings is 2. The van der Waals surface area contributed by atoms with Crippen molar-refractivity contribution >= 4 is 5.91 Å². The maximum absolute atomic E-state index is 12.6. The van der Waals surface area contributed by atoms with Crippen LogP contribution in [0.25, 0.3) is 11.1 Å². The number of hydrogen-bond donors (Lipinski definition) is 0. The molecule has 1 aliphatic carbocycles. The summed E-state index contributed by atoms with van der Waals surface area (Å²) in [5.41, 5.74) is 5.21. The lowest BCUT2D eigenvalue weighted by Gasteiger charge is -2.34. The van der Waals surface area contributed by atoms with Gasteiger partial charge < -0.3 is 9.64 Å². The summed E-state index contributed by atoms with van der Waals surface area (Å²) in [6.45, 7) is 2.48. The van der Waals surface area contributed by atoms with Crippen LogP contribution in [0.2, 0.25) is 0 Å². The quantitative estimate of drug-likeness (QED) is 0.647. The molecular formula is C25H27N5O2. The molecule has 1 amide bonds. The van der Waals surface area contributed by atoms with Crippen molar-refractivity contribution in [1.29, 1.82) is 0 Å². The van der Waals surface area contributed by atoms with Crippen molar-refractivity contribution in [2.24, 2.45) is 26.1 Å². The van der Waals surface area contributed by atoms with Gasteiger partial charge in [0.25, 0.3) is 5.91 Å². The second-order valence-electron chi connectivity index (χ2n) is 9.47. The van der Waals surface area contributed by atoms with Gasteiger partial charge in [-0.15, -0.1) is 10.2 Å². The van der Waals surface area contributed by atoms with Gasteiger partial charge in [0.05, 0.1) is 0 Å². The van der Waals surface area contributed by atoms with Crippen molar-refractivity contribution in [2.45, 2.75) is 50.3 Å². The van der Waals surface area contributed by atoms with E-state index < -0.39 is 0 Å². The number of carbonyl (C=O) groups excluding carboxylic acids is 1. The number of piperidine rings is 1. The SMILES string of the molecule is O=C([C@H]1CCCO1)N1CCC2(CC1)CC2c1ccc(-c2ccc(C3N=NN=N3)cc2)cc1. The Morgan fingerprint density at radius 2 is 1.53 bits per heavy atom. The molecule has 3 heterocycles. The molecule has 1 unspecified atom stereocenters. The Morgan fingerprint density at radius 3 is 2.12 bits per heavy atom. The zero-order chi connectivity index (χ0) is 21.5. The monoisotopic (exact) mass is 429 g/mol. The van der Waals surface area contributed by atoms with Crippen LogP contribution in [0.1, 0.15) is 55.3 Å². The van der Waals surface area contributed by atoms with Crippen LogP contribution in [-0.2, 0) is 9.53 Å². The molecule has 2 atom stereocenters. The summed E-state index contributed by atoms with van der Waals surface area (Å²) in [6, 6.07) is 17.3. The highest BCUT2D eigenvalue weighted by atomic mass is 16.5. The molecule has 1 saturated carbocycles. The lowest BCUT2D eigenvalue weighted by atomic mass is 9.88. The van der Waals surface area contributed by atoms with Crippen LogP contribution in [0.15, 0.2) is 69.2 Å². The van der Waals surface area contributed by atoms with E-state index in [9.17, 15) is 4.79 Å². The normalized spacial score (nSPS) is 26.2. The molecule has 7 nitrogen and oxygen atoms in total. The molecule has 2 saturated heterocycles. The predicted molar refractivity (Wildman–Crippen MR) is 119 cm³/mol. The van der Waals surface area contributed by atoms with Crippen LogP contribution in [0.5, 0.6) is 0 Å². The molecule has 7 heteroatoms. The van der Waals surface area contributed by atoms with Gasteiger partial charge in [-0.05, 0) is 70.6 Å². The molecule has 32 heavy (non-hydrogen) atoms. The van der Waals surface area contributed by atoms with E-state index in [1.54, 1.807) is 0 Å². The van der Waals surface area contributed by atoms with Crippen molar-refractivity contribution < 1.29 is 9.53 Å². The molecule has 4 aliphatic rings. The summed E-state index contributed by atoms with van der Waals surface area (Å²) < 4.78 is 5.60. The van der Waals surface area contributed by atoms with Crippen molar-refractivity contribution in [3.8, 4) is 11.1 Å². The molecule has 0 radical (unpaired) electrons. The number of nitrogens with zero attached hydrogens (tertiary/aromatic N) is 5. The van der Waals surface area contributed by atoms with E-state index in [2.05, 4.69) is 57.1 Å². The zero-order valence-corrected chi connectivity index (χ0v) is 18.1. The first kappa shape index (κ1) is 19.7. The van der Waals surface area contributed by atoms with Gasteiger partial charge in [-0.2, -0.15) is 0 Å². The Balaban J connectivity index is 1.08. The first-order chi connectivity index (χ1) is 15.7. The predicted octanol–water partition coefficient (Wildman–Crippen LogP) is 5.46. The number of carbonyl (C=O) groups is 1. The highest BCUT2D eigenvalue weighted by Gasteiger charge is 2.55. The lowest BCUT2D eigenvalue weighted by Crippen LogP contribution is -2.44. The highest BCUT2D eigenvalue weighted by Crippen LogP contribution is 2.65. The van der Waals surface area contributed by atoms with Crippen LogP contribution in [0, 0.1) is 5.41 Å². The average Bonchev–Trinajstić information content (AvgIpc) is 3.28. The maximum Gasteiger partial charge on any atom is 0.251 e. The van der Waals surface area contributed by atoms with E-state index in [4.69, 9.17) is 4.74 Å². The van der Waals surface area contributed by atoms with Crippen molar-refractivity contribution in [3.63, 3.8) is 0 Å². The number of ether oxygens (including phenoxy) is 1. The third-order valence-electron chi connectivity index (χ3n) is 7.68. The van der Waals surface area contributed by atoms with E-state index in [1.165, 1.54) is 23.1 Å². The van der Waals surface area contributed by atoms with E-state index in [-0.39, 0.29) is 18.2 Å². The van der Waals surface area contributed by atoms with Gasteiger partial charge in [0.1, 0.15) is 6.10 Å². The molecule has 0 N–H and O–H groups in total. The molecule has 2 aromatic rings. The molecule has 6 rings (SSSR count). The van der Waals surface area contributed by atoms with Gasteiger partial charge in [-0.1, -0.05) is 48.5 Å². The summed E-state index contributed by atoms with van der Waals surface area (Å²) >= 11 is 0. The fourth-order valence-corrected chi connectivity index (χ4v) is 5.58. The largest absolute Gasteiger partial charge is 0.368 e. The van der Waals surface area contributed by atoms with Crippen molar-refractivity contribution in [3.05, 3.63) is 59.7 Å². The molecule has 2 aromatic carbocycles. The minimum absolute atomic E-state index is 0.187. The Hall–Kier alpha value is -2.93. The maximum atomic E-state index is 12.6. The van der Waals surface area contributed by atoms with Gasteiger partial charge in [-0.25, -0.2) is 0 Å². The minimum Gasteiger partial charge on any atom is -0.368 e. The molecule has 3 fully saturated rings. The summed E-state index contributed by atoms with van der Waals surface area (Å²) in [4.78, 5) is 14.7. The van der Waals surface area contributed by atoms with E-state index in [1.807, 2.05) is 17.0 Å². The van der Waals surface area contributed by atoms with Gasteiger partial charge in [-0.3, -0.25) is 4.79 Å². The summed E-state index contributed by atoms with van der Waals surface area (Å²) in [5.74, 6) is 0.834. The van der Waals surface area contributed by atoms with Crippen LogP contribution in [0.3, 0.4) is 0 Å². The van der Waals surface area contributed by atoms with Crippen molar-refractivity contribution in [1.82, 2.24) is 4.90 Å². The lowest BCUT2D eigenvalue weighted by molar-refractivity contribution is -0.142. The molecule has 1 spiro atoms. The minimum atomic E-state index is -0.301. The molecule has 3 aliphatic heterocycles. The summed E-state index contributed by atoms with van der Waals surface area (Å²) in [6.07, 6.45) is 4.86.